The molecule has 4 aromatic rings. The molecule has 9 nitrogen and oxygen atoms in total. The average Bonchev–Trinajstić information content (AvgIpc) is 2.95. The molecule has 0 bridgehead atoms. The number of nitrogens with one attached hydrogen (secondary N) is 3. The highest BCUT2D eigenvalue weighted by atomic mass is 16.5. The Morgan fingerprint density at radius 2 is 1.97 bits per heavy atom. The molecule has 1 unspecified atom stereocenters. The number of carbonyl (C=O) groups is 1. The van der Waals surface area contributed by atoms with E-state index in [0.717, 1.165) is 47.8 Å². The van der Waals surface area contributed by atoms with Gasteiger partial charge in [-0.25, -0.2) is 15.0 Å². The molecule has 2 aromatic heterocycles. The molecule has 1 atom stereocenters. The SMILES string of the molecule is Cc1ccc2c(NC(=O)C(C)(C)C#N)cccc2c1Oc1ncccc1-c1ccnc(NC2CCCNC2)n1. The van der Waals surface area contributed by atoms with Crippen molar-refractivity contribution in [3.05, 3.63) is 66.5 Å². The number of hydrogen-bond donors (Lipinski definition) is 3. The summed E-state index contributed by atoms with van der Waals surface area (Å²) in [4.78, 5) is 26.4. The van der Waals surface area contributed by atoms with Crippen LogP contribution in [0.1, 0.15) is 32.3 Å². The van der Waals surface area contributed by atoms with E-state index in [1.807, 2.05) is 61.5 Å². The molecule has 1 aliphatic heterocycles. The van der Waals surface area contributed by atoms with Crippen LogP contribution < -0.4 is 20.7 Å². The maximum Gasteiger partial charge on any atom is 0.244 e. The molecule has 0 radical (unpaired) electrons. The smallest absolute Gasteiger partial charge is 0.244 e. The lowest BCUT2D eigenvalue weighted by molar-refractivity contribution is -0.121. The topological polar surface area (TPSA) is 125 Å². The van der Waals surface area contributed by atoms with E-state index < -0.39 is 5.41 Å². The van der Waals surface area contributed by atoms with Gasteiger partial charge >= 0.3 is 0 Å². The number of aryl methyl sites for hydroxylation is 1. The zero-order chi connectivity index (χ0) is 27.4. The van der Waals surface area contributed by atoms with E-state index in [9.17, 15) is 10.1 Å². The molecule has 1 saturated heterocycles. The summed E-state index contributed by atoms with van der Waals surface area (Å²) in [5, 5.41) is 20.7. The summed E-state index contributed by atoms with van der Waals surface area (Å²) in [6.45, 7) is 7.07. The van der Waals surface area contributed by atoms with E-state index >= 15 is 0 Å². The zero-order valence-electron chi connectivity index (χ0n) is 22.3. The van der Waals surface area contributed by atoms with Crippen molar-refractivity contribution < 1.29 is 9.53 Å². The first kappa shape index (κ1) is 26.1. The minimum Gasteiger partial charge on any atom is -0.437 e. The molecule has 3 N–H and O–H groups in total. The highest BCUT2D eigenvalue weighted by Crippen LogP contribution is 2.39. The van der Waals surface area contributed by atoms with Gasteiger partial charge in [0.1, 0.15) is 11.2 Å². The van der Waals surface area contributed by atoms with Gasteiger partial charge in [-0.3, -0.25) is 4.79 Å². The summed E-state index contributed by atoms with van der Waals surface area (Å²) in [7, 11) is 0. The van der Waals surface area contributed by atoms with Gasteiger partial charge in [0.2, 0.25) is 17.7 Å². The van der Waals surface area contributed by atoms with Crippen molar-refractivity contribution >= 4 is 28.3 Å². The summed E-state index contributed by atoms with van der Waals surface area (Å²) in [5.41, 5.74) is 1.80. The summed E-state index contributed by atoms with van der Waals surface area (Å²) < 4.78 is 6.48. The van der Waals surface area contributed by atoms with Gasteiger partial charge in [-0.05, 0) is 70.0 Å². The number of benzene rings is 2. The van der Waals surface area contributed by atoms with Crippen LogP contribution in [0.2, 0.25) is 0 Å². The predicted molar refractivity (Wildman–Crippen MR) is 152 cm³/mol. The van der Waals surface area contributed by atoms with Crippen LogP contribution in [0.4, 0.5) is 11.6 Å². The van der Waals surface area contributed by atoms with E-state index in [-0.39, 0.29) is 11.9 Å². The molecule has 39 heavy (non-hydrogen) atoms. The minimum atomic E-state index is -1.16. The second kappa shape index (κ2) is 11.1. The zero-order valence-corrected chi connectivity index (χ0v) is 22.3. The minimum absolute atomic E-state index is 0.283. The van der Waals surface area contributed by atoms with Gasteiger partial charge in [0, 0.05) is 41.4 Å². The highest BCUT2D eigenvalue weighted by Gasteiger charge is 2.28. The lowest BCUT2D eigenvalue weighted by atomic mass is 9.94. The number of piperidine rings is 1. The maximum absolute atomic E-state index is 12.7. The Labute approximate surface area is 227 Å². The van der Waals surface area contributed by atoms with Gasteiger partial charge < -0.3 is 20.7 Å². The van der Waals surface area contributed by atoms with Crippen LogP contribution in [0, 0.1) is 23.7 Å². The van der Waals surface area contributed by atoms with Crippen LogP contribution in [-0.2, 0) is 4.79 Å². The molecular weight excluding hydrogens is 490 g/mol. The van der Waals surface area contributed by atoms with Crippen LogP contribution >= 0.6 is 0 Å². The van der Waals surface area contributed by atoms with Crippen LogP contribution in [-0.4, -0.2) is 40.0 Å². The number of nitriles is 1. The van der Waals surface area contributed by atoms with Gasteiger partial charge in [-0.1, -0.05) is 24.3 Å². The van der Waals surface area contributed by atoms with Gasteiger partial charge in [0.05, 0.1) is 17.3 Å². The van der Waals surface area contributed by atoms with Crippen molar-refractivity contribution in [2.75, 3.05) is 23.7 Å². The van der Waals surface area contributed by atoms with Gasteiger partial charge in [0.15, 0.2) is 0 Å². The Balaban J connectivity index is 1.48. The Hall–Kier alpha value is -4.55. The standard InChI is InChI=1S/C30H31N7O2/c1-19-11-12-21-22(8-4-10-24(21)36-28(38)30(2,3)18-31)26(19)39-27-23(9-6-15-33-27)25-13-16-34-29(37-25)35-20-7-5-14-32-17-20/h4,6,8-13,15-16,20,32H,5,7,14,17H2,1-3H3,(H,36,38)(H,34,35,37). The number of carbonyl (C=O) groups excluding carboxylic acids is 1. The highest BCUT2D eigenvalue weighted by molar-refractivity contribution is 6.06. The second-order valence-corrected chi connectivity index (χ2v) is 10.2. The Morgan fingerprint density at radius 3 is 2.77 bits per heavy atom. The van der Waals surface area contributed by atoms with Crippen LogP contribution in [0.15, 0.2) is 60.9 Å². The number of amides is 1. The first-order chi connectivity index (χ1) is 18.9. The fourth-order valence-electron chi connectivity index (χ4n) is 4.51. The third-order valence-electron chi connectivity index (χ3n) is 6.84. The number of pyridine rings is 1. The van der Waals surface area contributed by atoms with E-state index in [4.69, 9.17) is 9.72 Å². The quantitative estimate of drug-likeness (QED) is 0.293. The van der Waals surface area contributed by atoms with E-state index in [1.165, 1.54) is 0 Å². The molecule has 2 aromatic carbocycles. The number of anilines is 2. The van der Waals surface area contributed by atoms with Crippen molar-refractivity contribution in [3.63, 3.8) is 0 Å². The normalized spacial score (nSPS) is 15.4. The fourth-order valence-corrected chi connectivity index (χ4v) is 4.51. The second-order valence-electron chi connectivity index (χ2n) is 10.2. The number of fused-ring (bicyclic) bond motifs is 1. The maximum atomic E-state index is 12.7. The monoisotopic (exact) mass is 521 g/mol. The largest absolute Gasteiger partial charge is 0.437 e. The third kappa shape index (κ3) is 5.66. The third-order valence-corrected chi connectivity index (χ3v) is 6.84. The number of hydrogen-bond acceptors (Lipinski definition) is 8. The van der Waals surface area contributed by atoms with Crippen molar-refractivity contribution in [1.29, 1.82) is 5.26 Å². The summed E-state index contributed by atoms with van der Waals surface area (Å²) in [5.74, 6) is 1.24. The molecular formula is C30H31N7O2. The number of aromatic nitrogens is 3. The average molecular weight is 522 g/mol. The van der Waals surface area contributed by atoms with Crippen LogP contribution in [0.25, 0.3) is 22.0 Å². The van der Waals surface area contributed by atoms with Gasteiger partial charge in [0.25, 0.3) is 0 Å². The Bertz CT molecular complexity index is 1550. The van der Waals surface area contributed by atoms with Gasteiger partial charge in [-0.15, -0.1) is 0 Å². The van der Waals surface area contributed by atoms with Crippen LogP contribution in [0.5, 0.6) is 11.6 Å². The predicted octanol–water partition coefficient (Wildman–Crippen LogP) is 5.44. The number of nitrogens with zero attached hydrogens (tertiary/aromatic N) is 4. The Morgan fingerprint density at radius 1 is 1.10 bits per heavy atom. The molecule has 1 amide bonds. The van der Waals surface area contributed by atoms with Crippen molar-refractivity contribution in [2.45, 2.75) is 39.7 Å². The lowest BCUT2D eigenvalue weighted by Gasteiger charge is -2.23. The first-order valence-corrected chi connectivity index (χ1v) is 13.0. The fraction of sp³-hybridized carbons (Fsp3) is 0.300. The van der Waals surface area contributed by atoms with Gasteiger partial charge in [-0.2, -0.15) is 5.26 Å². The molecule has 5 rings (SSSR count). The van der Waals surface area contributed by atoms with Crippen LogP contribution in [0.3, 0.4) is 0 Å². The number of rotatable bonds is 7. The summed E-state index contributed by atoms with van der Waals surface area (Å²) >= 11 is 0. The van der Waals surface area contributed by atoms with Crippen molar-refractivity contribution in [2.24, 2.45) is 5.41 Å². The van der Waals surface area contributed by atoms with E-state index in [1.54, 1.807) is 26.2 Å². The molecule has 1 fully saturated rings. The lowest BCUT2D eigenvalue weighted by Crippen LogP contribution is -2.38. The van der Waals surface area contributed by atoms with E-state index in [0.29, 0.717) is 29.0 Å². The van der Waals surface area contributed by atoms with Crippen molar-refractivity contribution in [1.82, 2.24) is 20.3 Å². The summed E-state index contributed by atoms with van der Waals surface area (Å²) in [6.07, 6.45) is 5.60. The van der Waals surface area contributed by atoms with Crippen molar-refractivity contribution in [3.8, 4) is 29.0 Å². The molecule has 0 saturated carbocycles. The summed E-state index contributed by atoms with van der Waals surface area (Å²) in [6, 6.07) is 17.4. The first-order valence-electron chi connectivity index (χ1n) is 13.0. The molecule has 9 heteroatoms. The number of ether oxygens (including phenoxy) is 1. The molecule has 3 heterocycles. The molecule has 0 spiro atoms. The molecule has 1 aliphatic rings. The Kier molecular flexibility index (Phi) is 7.39. The molecule has 0 aliphatic carbocycles. The molecule has 198 valence electrons. The van der Waals surface area contributed by atoms with E-state index in [2.05, 4.69) is 25.9 Å².